The molecule has 1 unspecified atom stereocenters. The number of aryl methyl sites for hydroxylation is 1. The SMILES string of the molecule is CCNC(CCCc1ccc(C(C)C)cc1)C1CC1. The number of hydrogen-bond acceptors (Lipinski definition) is 1. The third-order valence-corrected chi connectivity index (χ3v) is 4.28. The first-order valence-electron chi connectivity index (χ1n) is 8.03. The predicted octanol–water partition coefficient (Wildman–Crippen LogP) is 4.52. The summed E-state index contributed by atoms with van der Waals surface area (Å²) in [6, 6.07) is 9.99. The topological polar surface area (TPSA) is 12.0 Å². The fraction of sp³-hybridized carbons (Fsp3) is 0.667. The molecule has 1 nitrogen and oxygen atoms in total. The van der Waals surface area contributed by atoms with E-state index >= 15 is 0 Å². The van der Waals surface area contributed by atoms with Crippen LogP contribution >= 0.6 is 0 Å². The van der Waals surface area contributed by atoms with E-state index in [1.807, 2.05) is 0 Å². The molecular formula is C18H29N. The Hall–Kier alpha value is -0.820. The molecule has 1 saturated carbocycles. The zero-order valence-corrected chi connectivity index (χ0v) is 12.8. The van der Waals surface area contributed by atoms with Crippen molar-refractivity contribution >= 4 is 0 Å². The number of rotatable bonds is 8. The highest BCUT2D eigenvalue weighted by Crippen LogP contribution is 2.34. The molecule has 19 heavy (non-hydrogen) atoms. The number of benzene rings is 1. The molecule has 1 aliphatic rings. The monoisotopic (exact) mass is 259 g/mol. The van der Waals surface area contributed by atoms with Crippen molar-refractivity contribution in [3.8, 4) is 0 Å². The van der Waals surface area contributed by atoms with Crippen molar-refractivity contribution in [2.45, 2.75) is 64.8 Å². The summed E-state index contributed by atoms with van der Waals surface area (Å²) in [5.74, 6) is 1.62. The zero-order chi connectivity index (χ0) is 13.7. The van der Waals surface area contributed by atoms with E-state index in [1.54, 1.807) is 0 Å². The number of nitrogens with one attached hydrogen (secondary N) is 1. The van der Waals surface area contributed by atoms with E-state index in [1.165, 1.54) is 43.2 Å². The maximum Gasteiger partial charge on any atom is 0.00953 e. The van der Waals surface area contributed by atoms with Crippen LogP contribution in [-0.2, 0) is 6.42 Å². The van der Waals surface area contributed by atoms with Gasteiger partial charge in [0, 0.05) is 6.04 Å². The van der Waals surface area contributed by atoms with Gasteiger partial charge in [-0.2, -0.15) is 0 Å². The summed E-state index contributed by atoms with van der Waals surface area (Å²) in [5, 5.41) is 3.65. The van der Waals surface area contributed by atoms with E-state index in [2.05, 4.69) is 50.4 Å². The first-order chi connectivity index (χ1) is 9.20. The summed E-state index contributed by atoms with van der Waals surface area (Å²) in [5.41, 5.74) is 2.95. The Labute approximate surface area is 118 Å². The molecule has 2 rings (SSSR count). The third-order valence-electron chi connectivity index (χ3n) is 4.28. The Morgan fingerprint density at radius 1 is 1.16 bits per heavy atom. The van der Waals surface area contributed by atoms with Crippen molar-refractivity contribution in [2.75, 3.05) is 6.54 Å². The van der Waals surface area contributed by atoms with Gasteiger partial charge >= 0.3 is 0 Å². The standard InChI is InChI=1S/C18H29N/c1-4-19-18(17-12-13-17)7-5-6-15-8-10-16(11-9-15)14(2)3/h8-11,14,17-19H,4-7,12-13H2,1-3H3. The van der Waals surface area contributed by atoms with Gasteiger partial charge in [0.2, 0.25) is 0 Å². The van der Waals surface area contributed by atoms with E-state index in [0.29, 0.717) is 5.92 Å². The molecule has 1 heteroatoms. The van der Waals surface area contributed by atoms with Crippen molar-refractivity contribution < 1.29 is 0 Å². The van der Waals surface area contributed by atoms with Gasteiger partial charge in [0.05, 0.1) is 0 Å². The molecule has 0 saturated heterocycles. The molecule has 1 aromatic rings. The Morgan fingerprint density at radius 3 is 2.37 bits per heavy atom. The summed E-state index contributed by atoms with van der Waals surface area (Å²) < 4.78 is 0. The largest absolute Gasteiger partial charge is 0.314 e. The lowest BCUT2D eigenvalue weighted by molar-refractivity contribution is 0.434. The lowest BCUT2D eigenvalue weighted by atomic mass is 9.98. The van der Waals surface area contributed by atoms with Crippen LogP contribution in [0.25, 0.3) is 0 Å². The van der Waals surface area contributed by atoms with Crippen LogP contribution in [0, 0.1) is 5.92 Å². The fourth-order valence-corrected chi connectivity index (χ4v) is 2.86. The Kier molecular flexibility index (Phi) is 5.45. The van der Waals surface area contributed by atoms with Crippen LogP contribution in [0.3, 0.4) is 0 Å². The van der Waals surface area contributed by atoms with E-state index in [4.69, 9.17) is 0 Å². The van der Waals surface area contributed by atoms with Crippen LogP contribution in [0.4, 0.5) is 0 Å². The van der Waals surface area contributed by atoms with Crippen molar-refractivity contribution in [3.63, 3.8) is 0 Å². The second-order valence-corrected chi connectivity index (χ2v) is 6.29. The van der Waals surface area contributed by atoms with Crippen LogP contribution in [0.1, 0.15) is 63.5 Å². The van der Waals surface area contributed by atoms with Gasteiger partial charge in [0.25, 0.3) is 0 Å². The van der Waals surface area contributed by atoms with Crippen LogP contribution in [0.5, 0.6) is 0 Å². The molecule has 0 spiro atoms. The maximum atomic E-state index is 3.65. The molecule has 106 valence electrons. The lowest BCUT2D eigenvalue weighted by Crippen LogP contribution is -2.30. The highest BCUT2D eigenvalue weighted by molar-refractivity contribution is 5.24. The van der Waals surface area contributed by atoms with Gasteiger partial charge in [-0.25, -0.2) is 0 Å². The van der Waals surface area contributed by atoms with Gasteiger partial charge in [-0.05, 0) is 61.6 Å². The fourth-order valence-electron chi connectivity index (χ4n) is 2.86. The first-order valence-corrected chi connectivity index (χ1v) is 8.03. The highest BCUT2D eigenvalue weighted by atomic mass is 14.9. The molecule has 1 N–H and O–H groups in total. The van der Waals surface area contributed by atoms with Gasteiger partial charge in [0.15, 0.2) is 0 Å². The van der Waals surface area contributed by atoms with Crippen LogP contribution in [0.2, 0.25) is 0 Å². The average molecular weight is 259 g/mol. The minimum absolute atomic E-state index is 0.641. The highest BCUT2D eigenvalue weighted by Gasteiger charge is 2.29. The molecule has 0 aliphatic heterocycles. The van der Waals surface area contributed by atoms with E-state index < -0.39 is 0 Å². The van der Waals surface area contributed by atoms with Gasteiger partial charge in [0.1, 0.15) is 0 Å². The molecule has 1 aliphatic carbocycles. The van der Waals surface area contributed by atoms with E-state index in [-0.39, 0.29) is 0 Å². The smallest absolute Gasteiger partial charge is 0.00953 e. The lowest BCUT2D eigenvalue weighted by Gasteiger charge is -2.17. The van der Waals surface area contributed by atoms with Crippen LogP contribution < -0.4 is 5.32 Å². The minimum atomic E-state index is 0.641. The normalized spacial score (nSPS) is 16.8. The minimum Gasteiger partial charge on any atom is -0.314 e. The van der Waals surface area contributed by atoms with Crippen molar-refractivity contribution in [1.29, 1.82) is 0 Å². The molecule has 1 fully saturated rings. The second kappa shape index (κ2) is 7.09. The van der Waals surface area contributed by atoms with Crippen molar-refractivity contribution in [3.05, 3.63) is 35.4 Å². The molecule has 0 aromatic heterocycles. The summed E-state index contributed by atoms with van der Waals surface area (Å²) in [6.07, 6.45) is 6.77. The third kappa shape index (κ3) is 4.65. The Balaban J connectivity index is 1.75. The first kappa shape index (κ1) is 14.6. The van der Waals surface area contributed by atoms with Crippen molar-refractivity contribution in [2.24, 2.45) is 5.92 Å². The van der Waals surface area contributed by atoms with Gasteiger partial charge in [-0.3, -0.25) is 0 Å². The van der Waals surface area contributed by atoms with E-state index in [0.717, 1.165) is 18.5 Å². The van der Waals surface area contributed by atoms with Crippen molar-refractivity contribution in [1.82, 2.24) is 5.32 Å². The molecule has 0 amide bonds. The summed E-state index contributed by atoms with van der Waals surface area (Å²) >= 11 is 0. The number of hydrogen-bond donors (Lipinski definition) is 1. The molecule has 0 heterocycles. The molecule has 0 radical (unpaired) electrons. The van der Waals surface area contributed by atoms with Gasteiger partial charge in [-0.1, -0.05) is 45.0 Å². The quantitative estimate of drug-likeness (QED) is 0.723. The van der Waals surface area contributed by atoms with Gasteiger partial charge in [-0.15, -0.1) is 0 Å². The summed E-state index contributed by atoms with van der Waals surface area (Å²) in [6.45, 7) is 7.85. The summed E-state index contributed by atoms with van der Waals surface area (Å²) in [4.78, 5) is 0. The Bertz CT molecular complexity index is 362. The molecular weight excluding hydrogens is 230 g/mol. The zero-order valence-electron chi connectivity index (χ0n) is 12.8. The molecule has 1 aromatic carbocycles. The Morgan fingerprint density at radius 2 is 1.84 bits per heavy atom. The van der Waals surface area contributed by atoms with Crippen LogP contribution in [0.15, 0.2) is 24.3 Å². The second-order valence-electron chi connectivity index (χ2n) is 6.29. The molecule has 0 bridgehead atoms. The van der Waals surface area contributed by atoms with E-state index in [9.17, 15) is 0 Å². The predicted molar refractivity (Wildman–Crippen MR) is 83.7 cm³/mol. The van der Waals surface area contributed by atoms with Gasteiger partial charge < -0.3 is 5.32 Å². The van der Waals surface area contributed by atoms with Crippen LogP contribution in [-0.4, -0.2) is 12.6 Å². The average Bonchev–Trinajstić information content (AvgIpc) is 3.22. The summed E-state index contributed by atoms with van der Waals surface area (Å²) in [7, 11) is 0. The maximum absolute atomic E-state index is 3.65. The molecule has 1 atom stereocenters.